The minimum Gasteiger partial charge on any atom is -0.495 e. The van der Waals surface area contributed by atoms with Crippen molar-refractivity contribution in [2.24, 2.45) is 0 Å². The number of thiazole rings is 1. The molecule has 0 radical (unpaired) electrons. The van der Waals surface area contributed by atoms with E-state index in [9.17, 15) is 8.42 Å². The number of nitrogens with one attached hydrogen (secondary N) is 1. The average molecular weight is 423 g/mol. The van der Waals surface area contributed by atoms with E-state index in [1.54, 1.807) is 23.8 Å². The highest BCUT2D eigenvalue weighted by molar-refractivity contribution is 7.92. The fourth-order valence-electron chi connectivity index (χ4n) is 2.75. The third-order valence-electron chi connectivity index (χ3n) is 4.10. The molecule has 0 aliphatic carbocycles. The van der Waals surface area contributed by atoms with Crippen LogP contribution in [-0.2, 0) is 14.8 Å². The zero-order valence-electron chi connectivity index (χ0n) is 14.9. The van der Waals surface area contributed by atoms with Crippen molar-refractivity contribution in [3.05, 3.63) is 29.9 Å². The number of benzene rings is 1. The van der Waals surface area contributed by atoms with E-state index in [1.807, 2.05) is 0 Å². The molecule has 3 aromatic rings. The fourth-order valence-corrected chi connectivity index (χ4v) is 4.37. The first-order chi connectivity index (χ1) is 13.6. The molecule has 1 aromatic carbocycles. The van der Waals surface area contributed by atoms with Crippen LogP contribution in [0.3, 0.4) is 0 Å². The van der Waals surface area contributed by atoms with E-state index in [2.05, 4.69) is 24.8 Å². The normalized spacial score (nSPS) is 14.8. The molecule has 0 amide bonds. The fraction of sp³-hybridized carbons (Fsp3) is 0.312. The van der Waals surface area contributed by atoms with E-state index in [4.69, 9.17) is 13.9 Å². The lowest BCUT2D eigenvalue weighted by atomic mass is 10.2. The number of hydrogen-bond donors (Lipinski definition) is 1. The number of hydrogen-bond acceptors (Lipinski definition) is 10. The van der Waals surface area contributed by atoms with Gasteiger partial charge >= 0.3 is 6.01 Å². The van der Waals surface area contributed by atoms with E-state index >= 15 is 0 Å². The standard InChI is InChI=1S/C16H17N5O5S2/c1-24-12-8-11(21-4-6-25-7-5-21)2-3-14(12)28(22,23)20-16-19-18-15(26-16)13-9-17-10-27-13/h2-3,8-10H,4-7H2,1H3,(H,19,20). The number of methoxy groups -OCH3 is 1. The highest BCUT2D eigenvalue weighted by atomic mass is 32.2. The summed E-state index contributed by atoms with van der Waals surface area (Å²) < 4.78 is 43.9. The SMILES string of the molecule is COc1cc(N2CCOCC2)ccc1S(=O)(=O)Nc1nnc(-c2cncs2)o1. The Kier molecular flexibility index (Phi) is 5.15. The summed E-state index contributed by atoms with van der Waals surface area (Å²) in [5.74, 6) is 0.411. The van der Waals surface area contributed by atoms with Crippen LogP contribution in [0.5, 0.6) is 5.75 Å². The van der Waals surface area contributed by atoms with Gasteiger partial charge in [0.05, 0.1) is 32.0 Å². The number of rotatable bonds is 6. The van der Waals surface area contributed by atoms with Crippen LogP contribution in [0.15, 0.2) is 39.2 Å². The van der Waals surface area contributed by atoms with Crippen molar-refractivity contribution >= 4 is 33.1 Å². The van der Waals surface area contributed by atoms with Crippen molar-refractivity contribution < 1.29 is 22.3 Å². The molecule has 1 aliphatic rings. The van der Waals surface area contributed by atoms with Crippen LogP contribution in [0.25, 0.3) is 10.8 Å². The monoisotopic (exact) mass is 423 g/mol. The van der Waals surface area contributed by atoms with Gasteiger partial charge in [-0.2, -0.15) is 0 Å². The Labute approximate surface area is 165 Å². The Morgan fingerprint density at radius 1 is 1.25 bits per heavy atom. The lowest BCUT2D eigenvalue weighted by Gasteiger charge is -2.29. The summed E-state index contributed by atoms with van der Waals surface area (Å²) >= 11 is 1.31. The molecule has 0 bridgehead atoms. The Hall–Kier alpha value is -2.70. The van der Waals surface area contributed by atoms with Gasteiger partial charge in [0.15, 0.2) is 0 Å². The molecule has 12 heteroatoms. The molecule has 1 N–H and O–H groups in total. The van der Waals surface area contributed by atoms with Crippen molar-refractivity contribution in [1.82, 2.24) is 15.2 Å². The smallest absolute Gasteiger partial charge is 0.330 e. The molecule has 0 unspecified atom stereocenters. The van der Waals surface area contributed by atoms with Crippen molar-refractivity contribution in [3.63, 3.8) is 0 Å². The average Bonchev–Trinajstić information content (AvgIpc) is 3.39. The second kappa shape index (κ2) is 7.73. The quantitative estimate of drug-likeness (QED) is 0.633. The van der Waals surface area contributed by atoms with E-state index in [0.29, 0.717) is 18.1 Å². The molecule has 1 saturated heterocycles. The van der Waals surface area contributed by atoms with Gasteiger partial charge in [0.1, 0.15) is 15.5 Å². The van der Waals surface area contributed by atoms with E-state index in [-0.39, 0.29) is 22.6 Å². The molecule has 0 spiro atoms. The van der Waals surface area contributed by atoms with Gasteiger partial charge in [-0.25, -0.2) is 13.1 Å². The molecule has 1 fully saturated rings. The molecular weight excluding hydrogens is 406 g/mol. The first-order valence-corrected chi connectivity index (χ1v) is 10.7. The Morgan fingerprint density at radius 3 is 2.79 bits per heavy atom. The van der Waals surface area contributed by atoms with Gasteiger partial charge in [-0.05, 0) is 12.1 Å². The summed E-state index contributed by atoms with van der Waals surface area (Å²) in [5.41, 5.74) is 2.48. The maximum Gasteiger partial charge on any atom is 0.330 e. The van der Waals surface area contributed by atoms with Gasteiger partial charge in [-0.1, -0.05) is 5.10 Å². The second-order valence-corrected chi connectivity index (χ2v) is 8.36. The summed E-state index contributed by atoms with van der Waals surface area (Å²) in [5, 5.41) is 7.57. The minimum absolute atomic E-state index is 0.0236. The molecule has 10 nitrogen and oxygen atoms in total. The highest BCUT2D eigenvalue weighted by Crippen LogP contribution is 2.31. The van der Waals surface area contributed by atoms with Crippen molar-refractivity contribution in [1.29, 1.82) is 0 Å². The van der Waals surface area contributed by atoms with E-state index in [1.165, 1.54) is 24.5 Å². The second-order valence-electron chi connectivity index (χ2n) is 5.82. The van der Waals surface area contributed by atoms with Crippen molar-refractivity contribution in [2.75, 3.05) is 43.0 Å². The zero-order valence-corrected chi connectivity index (χ0v) is 16.5. The first kappa shape index (κ1) is 18.7. The van der Waals surface area contributed by atoms with Crippen LogP contribution in [0.2, 0.25) is 0 Å². The van der Waals surface area contributed by atoms with E-state index in [0.717, 1.165) is 18.8 Å². The van der Waals surface area contributed by atoms with Gasteiger partial charge in [-0.3, -0.25) is 4.98 Å². The summed E-state index contributed by atoms with van der Waals surface area (Å²) in [6.45, 7) is 2.72. The van der Waals surface area contributed by atoms with Crippen LogP contribution >= 0.6 is 11.3 Å². The maximum absolute atomic E-state index is 12.8. The number of nitrogens with zero attached hydrogens (tertiary/aromatic N) is 4. The van der Waals surface area contributed by atoms with Gasteiger partial charge in [-0.15, -0.1) is 16.4 Å². The van der Waals surface area contributed by atoms with Crippen LogP contribution < -0.4 is 14.4 Å². The molecule has 0 atom stereocenters. The third-order valence-corrected chi connectivity index (χ3v) is 6.22. The first-order valence-electron chi connectivity index (χ1n) is 8.33. The Bertz CT molecular complexity index is 1050. The topological polar surface area (TPSA) is 120 Å². The molecule has 2 aromatic heterocycles. The van der Waals surface area contributed by atoms with Crippen LogP contribution in [0, 0.1) is 0 Å². The summed E-state index contributed by atoms with van der Waals surface area (Å²) in [4.78, 5) is 6.65. The van der Waals surface area contributed by atoms with Gasteiger partial charge in [0.2, 0.25) is 0 Å². The molecule has 0 saturated carbocycles. The number of aromatic nitrogens is 3. The lowest BCUT2D eigenvalue weighted by molar-refractivity contribution is 0.122. The summed E-state index contributed by atoms with van der Waals surface area (Å²) in [7, 11) is -2.56. The van der Waals surface area contributed by atoms with Crippen LogP contribution in [0.4, 0.5) is 11.7 Å². The maximum atomic E-state index is 12.8. The summed E-state index contributed by atoms with van der Waals surface area (Å²) in [6, 6.07) is 4.68. The van der Waals surface area contributed by atoms with Gasteiger partial charge in [0.25, 0.3) is 15.9 Å². The molecule has 148 valence electrons. The number of sulfonamides is 1. The molecule has 28 heavy (non-hydrogen) atoms. The number of ether oxygens (including phenoxy) is 2. The third kappa shape index (κ3) is 3.79. The predicted octanol–water partition coefficient (Wildman–Crippen LogP) is 1.84. The zero-order chi connectivity index (χ0) is 19.6. The largest absolute Gasteiger partial charge is 0.495 e. The highest BCUT2D eigenvalue weighted by Gasteiger charge is 2.24. The van der Waals surface area contributed by atoms with Crippen molar-refractivity contribution in [3.8, 4) is 16.5 Å². The Morgan fingerprint density at radius 2 is 2.07 bits per heavy atom. The number of anilines is 2. The predicted molar refractivity (Wildman–Crippen MR) is 102 cm³/mol. The summed E-state index contributed by atoms with van der Waals surface area (Å²) in [6.07, 6.45) is 1.56. The molecule has 1 aliphatic heterocycles. The van der Waals surface area contributed by atoms with E-state index < -0.39 is 10.0 Å². The lowest BCUT2D eigenvalue weighted by Crippen LogP contribution is -2.36. The van der Waals surface area contributed by atoms with Crippen molar-refractivity contribution in [2.45, 2.75) is 4.90 Å². The molecular formula is C16H17N5O5S2. The molecule has 3 heterocycles. The van der Waals surface area contributed by atoms with Crippen LogP contribution in [0.1, 0.15) is 0 Å². The van der Waals surface area contributed by atoms with Crippen LogP contribution in [-0.4, -0.2) is 57.0 Å². The van der Waals surface area contributed by atoms with Gasteiger partial charge < -0.3 is 18.8 Å². The van der Waals surface area contributed by atoms with Gasteiger partial charge in [0, 0.05) is 24.8 Å². The molecule has 4 rings (SSSR count). The number of morpholine rings is 1. The minimum atomic E-state index is -3.99. The Balaban J connectivity index is 1.58.